The highest BCUT2D eigenvalue weighted by atomic mass is 32.1. The molecular weight excluding hydrogens is 341 g/mol. The second-order valence-corrected chi connectivity index (χ2v) is 6.06. The number of ether oxygens (including phenoxy) is 1. The van der Waals surface area contributed by atoms with Gasteiger partial charge in [0.15, 0.2) is 17.4 Å². The van der Waals surface area contributed by atoms with Crippen molar-refractivity contribution >= 4 is 22.6 Å². The lowest BCUT2D eigenvalue weighted by atomic mass is 10.1. The van der Waals surface area contributed by atoms with E-state index in [0.717, 1.165) is 22.7 Å². The van der Waals surface area contributed by atoms with Crippen LogP contribution >= 0.6 is 11.5 Å². The first-order valence-electron chi connectivity index (χ1n) is 7.67. The Bertz CT molecular complexity index is 868. The van der Waals surface area contributed by atoms with Gasteiger partial charge in [0.1, 0.15) is 0 Å². The smallest absolute Gasteiger partial charge is 0.226 e. The molecule has 7 heteroatoms. The van der Waals surface area contributed by atoms with Crippen molar-refractivity contribution in [2.45, 2.75) is 12.8 Å². The summed E-state index contributed by atoms with van der Waals surface area (Å²) in [5.41, 5.74) is 1.63. The van der Waals surface area contributed by atoms with Crippen molar-refractivity contribution in [3.63, 3.8) is 0 Å². The van der Waals surface area contributed by atoms with E-state index >= 15 is 0 Å². The minimum Gasteiger partial charge on any atom is -0.494 e. The molecule has 0 spiro atoms. The van der Waals surface area contributed by atoms with Crippen molar-refractivity contribution < 1.29 is 13.9 Å². The number of carbonyl (C=O) groups excluding carboxylic acids is 1. The fourth-order valence-corrected chi connectivity index (χ4v) is 2.89. The molecule has 1 N–H and O–H groups in total. The molecule has 0 fully saturated rings. The number of rotatable bonds is 6. The van der Waals surface area contributed by atoms with Gasteiger partial charge in [-0.1, -0.05) is 36.4 Å². The number of hydrogen-bond acceptors (Lipinski definition) is 5. The van der Waals surface area contributed by atoms with Crippen molar-refractivity contribution in [1.29, 1.82) is 0 Å². The zero-order valence-electron chi connectivity index (χ0n) is 13.5. The van der Waals surface area contributed by atoms with Crippen molar-refractivity contribution in [3.8, 4) is 17.1 Å². The molecule has 1 amide bonds. The van der Waals surface area contributed by atoms with Crippen LogP contribution in [0.15, 0.2) is 48.5 Å². The second-order valence-electron chi connectivity index (χ2n) is 5.31. The number of hydrogen-bond donors (Lipinski definition) is 1. The summed E-state index contributed by atoms with van der Waals surface area (Å²) in [4.78, 5) is 16.4. The predicted octanol–water partition coefficient (Wildman–Crippen LogP) is 3.92. The van der Waals surface area contributed by atoms with E-state index in [2.05, 4.69) is 14.7 Å². The Kier molecular flexibility index (Phi) is 5.35. The van der Waals surface area contributed by atoms with Crippen LogP contribution in [0, 0.1) is 5.82 Å². The summed E-state index contributed by atoms with van der Waals surface area (Å²) in [7, 11) is 1.41. The minimum atomic E-state index is -0.433. The van der Waals surface area contributed by atoms with Gasteiger partial charge in [-0.3, -0.25) is 4.79 Å². The Hall–Kier alpha value is -2.80. The third kappa shape index (κ3) is 4.39. The number of carbonyl (C=O) groups is 1. The van der Waals surface area contributed by atoms with Crippen LogP contribution in [0.1, 0.15) is 12.0 Å². The Morgan fingerprint density at radius 3 is 2.76 bits per heavy atom. The number of aromatic nitrogens is 2. The monoisotopic (exact) mass is 357 g/mol. The lowest BCUT2D eigenvalue weighted by Crippen LogP contribution is -2.12. The number of halogens is 1. The summed E-state index contributed by atoms with van der Waals surface area (Å²) in [5, 5.41) is 3.18. The highest BCUT2D eigenvalue weighted by Gasteiger charge is 2.10. The van der Waals surface area contributed by atoms with Gasteiger partial charge in [0, 0.05) is 23.5 Å². The highest BCUT2D eigenvalue weighted by Crippen LogP contribution is 2.21. The van der Waals surface area contributed by atoms with E-state index in [4.69, 9.17) is 4.74 Å². The van der Waals surface area contributed by atoms with Crippen molar-refractivity contribution in [3.05, 3.63) is 59.9 Å². The van der Waals surface area contributed by atoms with Gasteiger partial charge in [-0.25, -0.2) is 4.39 Å². The first kappa shape index (κ1) is 17.0. The van der Waals surface area contributed by atoms with Crippen LogP contribution in [0.25, 0.3) is 11.4 Å². The molecule has 0 atom stereocenters. The third-order valence-electron chi connectivity index (χ3n) is 3.56. The summed E-state index contributed by atoms with van der Waals surface area (Å²) in [6.45, 7) is 0. The molecule has 25 heavy (non-hydrogen) atoms. The molecule has 128 valence electrons. The molecule has 0 saturated heterocycles. The van der Waals surface area contributed by atoms with Gasteiger partial charge in [0.25, 0.3) is 0 Å². The first-order valence-corrected chi connectivity index (χ1v) is 8.44. The lowest BCUT2D eigenvalue weighted by Gasteiger charge is -2.05. The SMILES string of the molecule is COc1ccc(CCC(=O)Nc2nc(-c3ccccc3)ns2)cc1F. The second kappa shape index (κ2) is 7.85. The predicted molar refractivity (Wildman–Crippen MR) is 95.2 cm³/mol. The minimum absolute atomic E-state index is 0.188. The summed E-state index contributed by atoms with van der Waals surface area (Å²) in [6.07, 6.45) is 0.656. The van der Waals surface area contributed by atoms with Gasteiger partial charge in [0.05, 0.1) is 7.11 Å². The Labute approximate surface area is 148 Å². The molecule has 0 radical (unpaired) electrons. The number of benzene rings is 2. The van der Waals surface area contributed by atoms with E-state index in [1.54, 1.807) is 12.1 Å². The van der Waals surface area contributed by atoms with E-state index in [1.807, 2.05) is 30.3 Å². The van der Waals surface area contributed by atoms with E-state index < -0.39 is 5.82 Å². The Morgan fingerprint density at radius 1 is 1.24 bits per heavy atom. The van der Waals surface area contributed by atoms with Gasteiger partial charge in [-0.05, 0) is 24.1 Å². The Morgan fingerprint density at radius 2 is 2.04 bits per heavy atom. The largest absolute Gasteiger partial charge is 0.494 e. The van der Waals surface area contributed by atoms with Crippen LogP contribution < -0.4 is 10.1 Å². The van der Waals surface area contributed by atoms with Crippen molar-refractivity contribution in [2.24, 2.45) is 0 Å². The summed E-state index contributed by atoms with van der Waals surface area (Å²) in [5.74, 6) is 0.151. The molecule has 0 aliphatic carbocycles. The third-order valence-corrected chi connectivity index (χ3v) is 4.19. The summed E-state index contributed by atoms with van der Waals surface area (Å²) >= 11 is 1.13. The van der Waals surface area contributed by atoms with Gasteiger partial charge < -0.3 is 10.1 Å². The van der Waals surface area contributed by atoms with E-state index in [9.17, 15) is 9.18 Å². The number of anilines is 1. The van der Waals surface area contributed by atoms with Crippen LogP contribution in [0.4, 0.5) is 9.52 Å². The van der Waals surface area contributed by atoms with Crippen LogP contribution in [0.5, 0.6) is 5.75 Å². The zero-order chi connectivity index (χ0) is 17.6. The quantitative estimate of drug-likeness (QED) is 0.726. The molecule has 1 aromatic heterocycles. The normalized spacial score (nSPS) is 10.5. The standard InChI is InChI=1S/C18H16FN3O2S/c1-24-15-9-7-12(11-14(15)19)8-10-16(23)20-18-21-17(22-25-18)13-5-3-2-4-6-13/h2-7,9,11H,8,10H2,1H3,(H,20,21,22,23). The number of amides is 1. The van der Waals surface area contributed by atoms with Gasteiger partial charge in [-0.2, -0.15) is 9.36 Å². The van der Waals surface area contributed by atoms with E-state index in [1.165, 1.54) is 13.2 Å². The molecule has 0 saturated carbocycles. The van der Waals surface area contributed by atoms with Gasteiger partial charge >= 0.3 is 0 Å². The molecule has 2 aromatic carbocycles. The molecule has 0 aliphatic rings. The molecule has 0 unspecified atom stereocenters. The molecule has 3 aromatic rings. The summed E-state index contributed by atoms with van der Waals surface area (Å²) < 4.78 is 22.8. The molecule has 1 heterocycles. The molecule has 0 aliphatic heterocycles. The van der Waals surface area contributed by atoms with E-state index in [-0.39, 0.29) is 18.1 Å². The molecule has 0 bridgehead atoms. The topological polar surface area (TPSA) is 64.1 Å². The number of nitrogens with one attached hydrogen (secondary N) is 1. The van der Waals surface area contributed by atoms with Crippen LogP contribution in [0.2, 0.25) is 0 Å². The maximum atomic E-state index is 13.6. The van der Waals surface area contributed by atoms with E-state index in [0.29, 0.717) is 17.4 Å². The lowest BCUT2D eigenvalue weighted by molar-refractivity contribution is -0.116. The van der Waals surface area contributed by atoms with Crippen LogP contribution in [0.3, 0.4) is 0 Å². The molecular formula is C18H16FN3O2S. The van der Waals surface area contributed by atoms with Gasteiger partial charge in [-0.15, -0.1) is 0 Å². The fourth-order valence-electron chi connectivity index (χ4n) is 2.28. The number of methoxy groups -OCH3 is 1. The average Bonchev–Trinajstić information content (AvgIpc) is 3.09. The first-order chi connectivity index (χ1) is 12.2. The van der Waals surface area contributed by atoms with Crippen LogP contribution in [-0.2, 0) is 11.2 Å². The molecule has 3 rings (SSSR count). The maximum Gasteiger partial charge on any atom is 0.226 e. The fraction of sp³-hybridized carbons (Fsp3) is 0.167. The maximum absolute atomic E-state index is 13.6. The summed E-state index contributed by atoms with van der Waals surface area (Å²) in [6, 6.07) is 14.2. The zero-order valence-corrected chi connectivity index (χ0v) is 14.3. The van der Waals surface area contributed by atoms with Crippen LogP contribution in [-0.4, -0.2) is 22.4 Å². The van der Waals surface area contributed by atoms with Crippen molar-refractivity contribution in [2.75, 3.05) is 12.4 Å². The number of nitrogens with zero attached hydrogens (tertiary/aromatic N) is 2. The average molecular weight is 357 g/mol. The Balaban J connectivity index is 1.56. The van der Waals surface area contributed by atoms with Gasteiger partial charge in [0.2, 0.25) is 11.0 Å². The highest BCUT2D eigenvalue weighted by molar-refractivity contribution is 7.10. The van der Waals surface area contributed by atoms with Crippen molar-refractivity contribution in [1.82, 2.24) is 9.36 Å². The molecule has 5 nitrogen and oxygen atoms in total. The number of aryl methyl sites for hydroxylation is 1.